The highest BCUT2D eigenvalue weighted by atomic mass is 79.9. The third-order valence-electron chi connectivity index (χ3n) is 2.28. The highest BCUT2D eigenvalue weighted by molar-refractivity contribution is 9.09. The van der Waals surface area contributed by atoms with Crippen molar-refractivity contribution in [1.82, 2.24) is 0 Å². The van der Waals surface area contributed by atoms with Crippen LogP contribution in [0.4, 0.5) is 13.2 Å². The number of ether oxygens (including phenoxy) is 1. The minimum absolute atomic E-state index is 0.0786. The Hall–Kier alpha value is -0.790. The first kappa shape index (κ1) is 15.3. The summed E-state index contributed by atoms with van der Waals surface area (Å²) in [7, 11) is 0. The highest BCUT2D eigenvalue weighted by Gasteiger charge is 2.23. The second-order valence-electron chi connectivity index (χ2n) is 3.55. The normalized spacial score (nSPS) is 14.6. The molecule has 0 heterocycles. The molecular weight excluding hydrogens is 317 g/mol. The van der Waals surface area contributed by atoms with E-state index in [9.17, 15) is 23.4 Å². The van der Waals surface area contributed by atoms with Crippen molar-refractivity contribution in [3.8, 4) is 5.75 Å². The van der Waals surface area contributed by atoms with E-state index in [2.05, 4.69) is 20.7 Å². The lowest BCUT2D eigenvalue weighted by Crippen LogP contribution is -2.20. The molecule has 0 spiro atoms. The van der Waals surface area contributed by atoms with Crippen LogP contribution in [-0.4, -0.2) is 28.3 Å². The monoisotopic (exact) mass is 328 g/mol. The number of benzene rings is 1. The van der Waals surface area contributed by atoms with E-state index in [-0.39, 0.29) is 12.0 Å². The van der Waals surface area contributed by atoms with Gasteiger partial charge in [-0.15, -0.1) is 0 Å². The van der Waals surface area contributed by atoms with Gasteiger partial charge in [-0.2, -0.15) is 8.78 Å². The maximum Gasteiger partial charge on any atom is 0.387 e. The first-order valence-corrected chi connectivity index (χ1v) is 6.24. The maximum atomic E-state index is 12.9. The molecule has 2 atom stereocenters. The molecule has 7 heteroatoms. The number of aliphatic hydroxyl groups excluding tert-OH is 2. The molecule has 0 aliphatic carbocycles. The number of alkyl halides is 3. The van der Waals surface area contributed by atoms with Gasteiger partial charge in [0.15, 0.2) is 0 Å². The highest BCUT2D eigenvalue weighted by Crippen LogP contribution is 2.30. The average Bonchev–Trinajstić information content (AvgIpc) is 2.28. The number of hydrogen-bond donors (Lipinski definition) is 2. The summed E-state index contributed by atoms with van der Waals surface area (Å²) in [6.07, 6.45) is -2.36. The number of hydrogen-bond acceptors (Lipinski definition) is 3. The molecule has 1 aromatic rings. The van der Waals surface area contributed by atoms with E-state index >= 15 is 0 Å². The van der Waals surface area contributed by atoms with Crippen LogP contribution in [0.1, 0.15) is 18.1 Å². The van der Waals surface area contributed by atoms with E-state index in [1.807, 2.05) is 0 Å². The summed E-state index contributed by atoms with van der Waals surface area (Å²) < 4.78 is 41.4. The molecule has 0 fully saturated rings. The summed E-state index contributed by atoms with van der Waals surface area (Å²) in [4.78, 5) is 0. The number of aliphatic hydroxyl groups is 2. The molecule has 0 aliphatic heterocycles. The van der Waals surface area contributed by atoms with Gasteiger partial charge >= 0.3 is 6.61 Å². The number of halogens is 4. The molecule has 0 bridgehead atoms. The zero-order valence-corrected chi connectivity index (χ0v) is 10.8. The summed E-state index contributed by atoms with van der Waals surface area (Å²) in [5, 5.41) is 19.8. The molecule has 2 unspecified atom stereocenters. The van der Waals surface area contributed by atoms with Crippen molar-refractivity contribution in [2.45, 2.75) is 25.2 Å². The lowest BCUT2D eigenvalue weighted by Gasteiger charge is -2.20. The topological polar surface area (TPSA) is 49.7 Å². The fraction of sp³-hybridized carbons (Fsp3) is 0.455. The fourth-order valence-electron chi connectivity index (χ4n) is 1.43. The predicted molar refractivity (Wildman–Crippen MR) is 62.4 cm³/mol. The molecule has 3 nitrogen and oxygen atoms in total. The summed E-state index contributed by atoms with van der Waals surface area (Å²) in [5.74, 6) is -1.25. The first-order chi connectivity index (χ1) is 8.45. The van der Waals surface area contributed by atoms with Crippen molar-refractivity contribution >= 4 is 15.9 Å². The third kappa shape index (κ3) is 4.15. The van der Waals surface area contributed by atoms with E-state index in [0.717, 1.165) is 18.2 Å². The lowest BCUT2D eigenvalue weighted by molar-refractivity contribution is -0.0540. The Kier molecular flexibility index (Phi) is 5.90. The second kappa shape index (κ2) is 6.96. The molecule has 1 aromatic carbocycles. The molecule has 0 aliphatic rings. The summed E-state index contributed by atoms with van der Waals surface area (Å²) in [6, 6.07) is 2.85. The lowest BCUT2D eigenvalue weighted by atomic mass is 10.0. The van der Waals surface area contributed by atoms with Crippen molar-refractivity contribution in [3.63, 3.8) is 0 Å². The van der Waals surface area contributed by atoms with Gasteiger partial charge in [-0.05, 0) is 18.6 Å². The van der Waals surface area contributed by atoms with Gasteiger partial charge in [0.25, 0.3) is 0 Å². The standard InChI is InChI=1S/C11H12BrF3O3/c12-4-3-8(16)10(17)7-2-1-6(13)5-9(7)18-11(14)15/h1-2,5,8,10-11,16-17H,3-4H2. The molecule has 0 radical (unpaired) electrons. The molecule has 0 amide bonds. The van der Waals surface area contributed by atoms with Gasteiger partial charge in [0.2, 0.25) is 0 Å². The quantitative estimate of drug-likeness (QED) is 0.789. The van der Waals surface area contributed by atoms with Crippen LogP contribution in [0, 0.1) is 5.82 Å². The smallest absolute Gasteiger partial charge is 0.387 e. The van der Waals surface area contributed by atoms with Crippen LogP contribution in [0.3, 0.4) is 0 Å². The molecular formula is C11H12BrF3O3. The Balaban J connectivity index is 2.99. The Labute approximate surface area is 110 Å². The van der Waals surface area contributed by atoms with Gasteiger partial charge in [-0.3, -0.25) is 0 Å². The van der Waals surface area contributed by atoms with E-state index in [4.69, 9.17) is 0 Å². The fourth-order valence-corrected chi connectivity index (χ4v) is 1.90. The van der Waals surface area contributed by atoms with Gasteiger partial charge in [0, 0.05) is 17.0 Å². The first-order valence-electron chi connectivity index (χ1n) is 5.12. The zero-order valence-electron chi connectivity index (χ0n) is 9.19. The van der Waals surface area contributed by atoms with Gasteiger partial charge in [-0.1, -0.05) is 15.9 Å². The van der Waals surface area contributed by atoms with Crippen molar-refractivity contribution in [2.24, 2.45) is 0 Å². The van der Waals surface area contributed by atoms with Crippen LogP contribution in [0.2, 0.25) is 0 Å². The van der Waals surface area contributed by atoms with E-state index in [0.29, 0.717) is 5.33 Å². The van der Waals surface area contributed by atoms with Crippen molar-refractivity contribution in [2.75, 3.05) is 5.33 Å². The average molecular weight is 329 g/mol. The number of rotatable bonds is 6. The minimum atomic E-state index is -3.13. The SMILES string of the molecule is OC(CCBr)C(O)c1ccc(F)cc1OC(F)F. The van der Waals surface area contributed by atoms with Gasteiger partial charge in [0.05, 0.1) is 6.10 Å². The Morgan fingerprint density at radius 2 is 1.94 bits per heavy atom. The Bertz CT molecular complexity index is 390. The van der Waals surface area contributed by atoms with Crippen LogP contribution in [-0.2, 0) is 0 Å². The van der Waals surface area contributed by atoms with Crippen LogP contribution in [0.5, 0.6) is 5.75 Å². The third-order valence-corrected chi connectivity index (χ3v) is 2.74. The molecule has 0 saturated carbocycles. The van der Waals surface area contributed by atoms with Gasteiger partial charge in [0.1, 0.15) is 17.7 Å². The van der Waals surface area contributed by atoms with Gasteiger partial charge in [-0.25, -0.2) is 4.39 Å². The Morgan fingerprint density at radius 3 is 2.50 bits per heavy atom. The van der Waals surface area contributed by atoms with Crippen LogP contribution >= 0.6 is 15.9 Å². The molecule has 0 aromatic heterocycles. The van der Waals surface area contributed by atoms with Crippen molar-refractivity contribution in [3.05, 3.63) is 29.6 Å². The maximum absolute atomic E-state index is 12.9. The second-order valence-corrected chi connectivity index (χ2v) is 4.34. The predicted octanol–water partition coefficient (Wildman–Crippen LogP) is 2.61. The molecule has 18 heavy (non-hydrogen) atoms. The zero-order chi connectivity index (χ0) is 13.7. The van der Waals surface area contributed by atoms with E-state index in [1.165, 1.54) is 0 Å². The van der Waals surface area contributed by atoms with Crippen LogP contribution in [0.25, 0.3) is 0 Å². The summed E-state index contributed by atoms with van der Waals surface area (Å²) in [6.45, 7) is -3.13. The molecule has 1 rings (SSSR count). The van der Waals surface area contributed by atoms with Crippen molar-refractivity contribution < 1.29 is 28.1 Å². The van der Waals surface area contributed by atoms with Crippen molar-refractivity contribution in [1.29, 1.82) is 0 Å². The van der Waals surface area contributed by atoms with Crippen LogP contribution < -0.4 is 4.74 Å². The van der Waals surface area contributed by atoms with E-state index in [1.54, 1.807) is 0 Å². The molecule has 102 valence electrons. The summed E-state index contributed by atoms with van der Waals surface area (Å²) in [5.41, 5.74) is -0.0786. The largest absolute Gasteiger partial charge is 0.434 e. The van der Waals surface area contributed by atoms with Crippen LogP contribution in [0.15, 0.2) is 18.2 Å². The minimum Gasteiger partial charge on any atom is -0.434 e. The van der Waals surface area contributed by atoms with E-state index < -0.39 is 30.4 Å². The molecule has 0 saturated heterocycles. The summed E-state index contributed by atoms with van der Waals surface area (Å²) >= 11 is 3.08. The Morgan fingerprint density at radius 1 is 1.28 bits per heavy atom. The van der Waals surface area contributed by atoms with Gasteiger partial charge < -0.3 is 14.9 Å². The molecule has 2 N–H and O–H groups in total.